The van der Waals surface area contributed by atoms with Crippen LogP contribution < -0.4 is 5.73 Å². The Morgan fingerprint density at radius 3 is 2.03 bits per heavy atom. The van der Waals surface area contributed by atoms with Gasteiger partial charge in [0.1, 0.15) is 0 Å². The third-order valence-electron chi connectivity index (χ3n) is 6.56. The monoisotopic (exact) mass is 473 g/mol. The van der Waals surface area contributed by atoms with Gasteiger partial charge in [0, 0.05) is 67.8 Å². The molecule has 0 spiro atoms. The van der Waals surface area contributed by atoms with E-state index in [1.54, 1.807) is 6.20 Å². The molecule has 6 heteroatoms. The van der Waals surface area contributed by atoms with Crippen molar-refractivity contribution in [3.63, 3.8) is 0 Å². The zero-order valence-corrected chi connectivity index (χ0v) is 19.9. The molecule has 3 aromatic heterocycles. The van der Waals surface area contributed by atoms with Crippen molar-refractivity contribution >= 4 is 11.5 Å². The van der Waals surface area contributed by atoms with E-state index in [0.29, 0.717) is 6.42 Å². The van der Waals surface area contributed by atoms with Gasteiger partial charge in [-0.3, -0.25) is 24.7 Å². The van der Waals surface area contributed by atoms with Gasteiger partial charge in [0.2, 0.25) is 0 Å². The van der Waals surface area contributed by atoms with Gasteiger partial charge >= 0.3 is 0 Å². The Bertz CT molecular complexity index is 1160. The molecule has 0 saturated heterocycles. The summed E-state index contributed by atoms with van der Waals surface area (Å²) in [4.78, 5) is 28.3. The Hall–Kier alpha value is -3.25. The number of aromatic nitrogens is 3. The molecule has 0 radical (unpaired) electrons. The Labute approximate surface area is 210 Å². The summed E-state index contributed by atoms with van der Waals surface area (Å²) in [6.07, 6.45) is 14.9. The molecule has 3 aliphatic rings. The number of hydrogen-bond acceptors (Lipinski definition) is 6. The van der Waals surface area contributed by atoms with Crippen molar-refractivity contribution in [2.75, 3.05) is 7.05 Å². The Balaban J connectivity index is 0.000000185. The lowest BCUT2D eigenvalue weighted by molar-refractivity contribution is 0.0971. The highest BCUT2D eigenvalue weighted by atomic mass is 16.1. The van der Waals surface area contributed by atoms with Crippen LogP contribution in [0.25, 0.3) is 0 Å². The molecule has 3 aliphatic carbocycles. The van der Waals surface area contributed by atoms with Crippen LogP contribution in [0, 0.1) is 0 Å². The Kier molecular flexibility index (Phi) is 9.79. The molecule has 1 unspecified atom stereocenters. The molecule has 6 rings (SSSR count). The SMILES string of the molecule is C.CN=C1CCCc2ncccc21.NC1CCCc2ncccc21.O=C1CCCc2ncccc21.[HH]. The van der Waals surface area contributed by atoms with E-state index in [0.717, 1.165) is 49.8 Å². The van der Waals surface area contributed by atoms with E-state index < -0.39 is 0 Å². The number of carbonyl (C=O) groups excluding carboxylic acids is 1. The maximum Gasteiger partial charge on any atom is 0.164 e. The number of rotatable bonds is 0. The number of nitrogens with two attached hydrogens (primary N) is 1. The number of nitrogens with zero attached hydrogens (tertiary/aromatic N) is 4. The quantitative estimate of drug-likeness (QED) is 0.449. The fourth-order valence-electron chi connectivity index (χ4n) is 4.77. The van der Waals surface area contributed by atoms with Gasteiger partial charge in [-0.25, -0.2) is 0 Å². The van der Waals surface area contributed by atoms with Crippen molar-refractivity contribution in [1.82, 2.24) is 15.0 Å². The number of ketones is 1. The van der Waals surface area contributed by atoms with Crippen molar-refractivity contribution in [2.24, 2.45) is 10.7 Å². The molecule has 2 N–H and O–H groups in total. The summed E-state index contributed by atoms with van der Waals surface area (Å²) in [5, 5.41) is 0. The lowest BCUT2D eigenvalue weighted by Gasteiger charge is -2.20. The van der Waals surface area contributed by atoms with Crippen molar-refractivity contribution in [3.05, 3.63) is 88.8 Å². The highest BCUT2D eigenvalue weighted by Crippen LogP contribution is 2.25. The molecule has 186 valence electrons. The maximum absolute atomic E-state index is 11.2. The Morgan fingerprint density at radius 1 is 0.800 bits per heavy atom. The summed E-state index contributed by atoms with van der Waals surface area (Å²) in [5.41, 5.74) is 13.8. The predicted octanol–water partition coefficient (Wildman–Crippen LogP) is 5.74. The maximum atomic E-state index is 11.2. The molecule has 6 nitrogen and oxygen atoms in total. The lowest BCUT2D eigenvalue weighted by Crippen LogP contribution is -2.17. The highest BCUT2D eigenvalue weighted by molar-refractivity contribution is 6.02. The van der Waals surface area contributed by atoms with Crippen LogP contribution in [0.3, 0.4) is 0 Å². The zero-order valence-electron chi connectivity index (χ0n) is 19.9. The van der Waals surface area contributed by atoms with Gasteiger partial charge in [0.15, 0.2) is 5.78 Å². The Morgan fingerprint density at radius 2 is 1.37 bits per heavy atom. The number of pyridine rings is 3. The standard InChI is InChI=1S/C10H12N2.C9H12N2.C9H9NO.CH4.H2/c1-11-9-5-2-6-10-8(9)4-3-7-12-10;10-8-4-1-5-9-7(8)3-2-6-11-9;11-9-5-1-4-8-7(9)3-2-6-10-8;;/h3-4,7H,2,5-6H2,1H3;2-3,6,8H,1,4-5,10H2;2-3,6H,1,4-5H2;1H4;1H. The minimum Gasteiger partial charge on any atom is -0.324 e. The third-order valence-corrected chi connectivity index (χ3v) is 6.56. The van der Waals surface area contributed by atoms with Crippen LogP contribution in [-0.4, -0.2) is 33.5 Å². The molecular weight excluding hydrogens is 434 g/mol. The number of carbonyl (C=O) groups is 1. The van der Waals surface area contributed by atoms with E-state index in [1.165, 1.54) is 41.1 Å². The zero-order chi connectivity index (χ0) is 23.8. The summed E-state index contributed by atoms with van der Waals surface area (Å²) >= 11 is 0. The van der Waals surface area contributed by atoms with Crippen LogP contribution in [-0.2, 0) is 19.3 Å². The van der Waals surface area contributed by atoms with Crippen LogP contribution >= 0.6 is 0 Å². The summed E-state index contributed by atoms with van der Waals surface area (Å²) in [5.74, 6) is 0.249. The number of aryl methyl sites for hydroxylation is 3. The third kappa shape index (κ3) is 6.67. The van der Waals surface area contributed by atoms with Crippen molar-refractivity contribution in [1.29, 1.82) is 0 Å². The molecule has 0 amide bonds. The van der Waals surface area contributed by atoms with Crippen molar-refractivity contribution in [2.45, 2.75) is 71.3 Å². The molecule has 3 heterocycles. The average molecular weight is 474 g/mol. The van der Waals surface area contributed by atoms with Crippen molar-refractivity contribution in [3.8, 4) is 0 Å². The van der Waals surface area contributed by atoms with Gasteiger partial charge in [-0.1, -0.05) is 13.5 Å². The first-order valence-electron chi connectivity index (χ1n) is 12.2. The highest BCUT2D eigenvalue weighted by Gasteiger charge is 2.17. The summed E-state index contributed by atoms with van der Waals surface area (Å²) in [7, 11) is 1.86. The summed E-state index contributed by atoms with van der Waals surface area (Å²) < 4.78 is 0. The van der Waals surface area contributed by atoms with Gasteiger partial charge in [-0.2, -0.15) is 0 Å². The summed E-state index contributed by atoms with van der Waals surface area (Å²) in [6.45, 7) is 0. The van der Waals surface area contributed by atoms with Gasteiger partial charge in [0.05, 0.1) is 5.69 Å². The topological polar surface area (TPSA) is 94.1 Å². The first-order valence-corrected chi connectivity index (χ1v) is 12.2. The van der Waals surface area contributed by atoms with E-state index in [-0.39, 0.29) is 20.7 Å². The van der Waals surface area contributed by atoms with Crippen LogP contribution in [0.15, 0.2) is 60.0 Å². The van der Waals surface area contributed by atoms with E-state index in [2.05, 4.69) is 32.1 Å². The number of Topliss-reactive ketones (excluding diaryl/α,β-unsaturated/α-hetero) is 1. The molecule has 3 aromatic rings. The van der Waals surface area contributed by atoms with Crippen LogP contribution in [0.5, 0.6) is 0 Å². The normalized spacial score (nSPS) is 18.9. The van der Waals surface area contributed by atoms with Crippen molar-refractivity contribution < 1.29 is 6.22 Å². The second kappa shape index (κ2) is 13.0. The second-order valence-corrected chi connectivity index (χ2v) is 8.83. The van der Waals surface area contributed by atoms with E-state index in [9.17, 15) is 4.79 Å². The molecule has 0 fully saturated rings. The number of aliphatic imine (C=N–C) groups is 1. The lowest BCUT2D eigenvalue weighted by atomic mass is 9.92. The minimum atomic E-state index is 0. The minimum absolute atomic E-state index is 0. The van der Waals surface area contributed by atoms with Crippen LogP contribution in [0.4, 0.5) is 0 Å². The van der Waals surface area contributed by atoms with E-state index in [1.807, 2.05) is 43.7 Å². The van der Waals surface area contributed by atoms with Gasteiger partial charge < -0.3 is 5.73 Å². The predicted molar refractivity (Wildman–Crippen MR) is 144 cm³/mol. The molecule has 0 aromatic carbocycles. The van der Waals surface area contributed by atoms with Gasteiger partial charge in [0.25, 0.3) is 0 Å². The number of hydrogen-bond donors (Lipinski definition) is 1. The van der Waals surface area contributed by atoms with Crippen LogP contribution in [0.2, 0.25) is 0 Å². The molecule has 0 bridgehead atoms. The molecule has 1 atom stereocenters. The van der Waals surface area contributed by atoms with Gasteiger partial charge in [-0.05, 0) is 87.3 Å². The number of fused-ring (bicyclic) bond motifs is 3. The fraction of sp³-hybridized carbons (Fsp3) is 0.414. The van der Waals surface area contributed by atoms with Crippen LogP contribution in [0.1, 0.15) is 92.0 Å². The first kappa shape index (κ1) is 26.4. The largest absolute Gasteiger partial charge is 0.324 e. The first-order chi connectivity index (χ1) is 16.7. The van der Waals surface area contributed by atoms with E-state index >= 15 is 0 Å². The van der Waals surface area contributed by atoms with E-state index in [4.69, 9.17) is 5.73 Å². The molecular formula is C29H39N5O. The summed E-state index contributed by atoms with van der Waals surface area (Å²) in [6, 6.07) is 12.1. The van der Waals surface area contributed by atoms with Gasteiger partial charge in [-0.15, -0.1) is 0 Å². The smallest absolute Gasteiger partial charge is 0.164 e. The second-order valence-electron chi connectivity index (χ2n) is 8.83. The molecule has 0 aliphatic heterocycles. The fourth-order valence-corrected chi connectivity index (χ4v) is 4.77. The average Bonchev–Trinajstić information content (AvgIpc) is 2.90. The molecule has 35 heavy (non-hydrogen) atoms. The molecule has 0 saturated carbocycles.